The zero-order chi connectivity index (χ0) is 15.2. The number of nitrogens with zero attached hydrogens (tertiary/aromatic N) is 1. The van der Waals surface area contributed by atoms with Gasteiger partial charge in [0.1, 0.15) is 0 Å². The average Bonchev–Trinajstić information content (AvgIpc) is 2.45. The van der Waals surface area contributed by atoms with Gasteiger partial charge < -0.3 is 15.7 Å². The molecule has 7 nitrogen and oxygen atoms in total. The summed E-state index contributed by atoms with van der Waals surface area (Å²) in [5, 5.41) is 25.6. The number of anilines is 1. The van der Waals surface area contributed by atoms with Gasteiger partial charge in [0, 0.05) is 24.4 Å². The number of nitro benzene ring substituents is 1. The fourth-order valence-corrected chi connectivity index (χ4v) is 1.59. The molecule has 0 spiro atoms. The fraction of sp³-hybridized carbons (Fsp3) is 0.462. The Labute approximate surface area is 117 Å². The summed E-state index contributed by atoms with van der Waals surface area (Å²) in [4.78, 5) is 21.6. The van der Waals surface area contributed by atoms with Gasteiger partial charge in [-0.05, 0) is 25.0 Å². The van der Waals surface area contributed by atoms with E-state index in [1.54, 1.807) is 0 Å². The van der Waals surface area contributed by atoms with Crippen molar-refractivity contribution in [2.45, 2.75) is 32.3 Å². The smallest absolute Gasteiger partial charge is 0.319 e. The third kappa shape index (κ3) is 4.51. The van der Waals surface area contributed by atoms with Gasteiger partial charge in [-0.1, -0.05) is 13.8 Å². The van der Waals surface area contributed by atoms with Crippen molar-refractivity contribution < 1.29 is 14.8 Å². The van der Waals surface area contributed by atoms with Crippen LogP contribution < -0.4 is 10.6 Å². The van der Waals surface area contributed by atoms with Crippen molar-refractivity contribution in [1.82, 2.24) is 5.32 Å². The number of hydrogen-bond donors (Lipinski definition) is 3. The number of hydrogen-bond acceptors (Lipinski definition) is 4. The molecule has 0 heterocycles. The van der Waals surface area contributed by atoms with Crippen LogP contribution in [0, 0.1) is 10.1 Å². The maximum absolute atomic E-state index is 11.6. The van der Waals surface area contributed by atoms with Gasteiger partial charge in [0.25, 0.3) is 5.69 Å². The highest BCUT2D eigenvalue weighted by molar-refractivity contribution is 5.89. The normalized spacial score (nSPS) is 10.9. The van der Waals surface area contributed by atoms with Crippen LogP contribution in [-0.2, 0) is 0 Å². The molecule has 0 saturated heterocycles. The molecule has 0 radical (unpaired) electrons. The molecule has 0 unspecified atom stereocenters. The second-order valence-corrected chi connectivity index (χ2v) is 4.54. The molecule has 7 heteroatoms. The second-order valence-electron chi connectivity index (χ2n) is 4.54. The first kappa shape index (κ1) is 15.9. The summed E-state index contributed by atoms with van der Waals surface area (Å²) < 4.78 is 0. The summed E-state index contributed by atoms with van der Waals surface area (Å²) in [6, 6.07) is 5.06. The zero-order valence-corrected chi connectivity index (χ0v) is 11.5. The van der Waals surface area contributed by atoms with Crippen molar-refractivity contribution >= 4 is 17.4 Å². The topological polar surface area (TPSA) is 104 Å². The van der Waals surface area contributed by atoms with Gasteiger partial charge >= 0.3 is 6.03 Å². The van der Waals surface area contributed by atoms with Crippen molar-refractivity contribution in [3.05, 3.63) is 34.4 Å². The van der Waals surface area contributed by atoms with E-state index in [9.17, 15) is 20.0 Å². The Balaban J connectivity index is 2.52. The summed E-state index contributed by atoms with van der Waals surface area (Å²) in [7, 11) is 0. The van der Waals surface area contributed by atoms with Crippen LogP contribution in [0.3, 0.4) is 0 Å². The van der Waals surface area contributed by atoms with Crippen LogP contribution in [0.5, 0.6) is 0 Å². The number of carbonyl (C=O) groups excluding carboxylic acids is 1. The summed E-state index contributed by atoms with van der Waals surface area (Å²) >= 11 is 0. The minimum Gasteiger partial charge on any atom is -0.388 e. The molecule has 1 rings (SSSR count). The molecule has 0 aromatic heterocycles. The SMILES string of the molecule is CCC(O)(CC)CNC(=O)Nc1ccc([N+](=O)[O-])cc1. The number of urea groups is 1. The van der Waals surface area contributed by atoms with Gasteiger partial charge in [-0.15, -0.1) is 0 Å². The molecule has 0 fully saturated rings. The van der Waals surface area contributed by atoms with Crippen LogP contribution in [0.2, 0.25) is 0 Å². The molecule has 0 aliphatic carbocycles. The minimum absolute atomic E-state index is 0.0395. The van der Waals surface area contributed by atoms with Crippen LogP contribution in [0.15, 0.2) is 24.3 Å². The molecule has 110 valence electrons. The van der Waals surface area contributed by atoms with E-state index < -0.39 is 16.6 Å². The van der Waals surface area contributed by atoms with E-state index in [-0.39, 0.29) is 12.2 Å². The van der Waals surface area contributed by atoms with Crippen molar-refractivity contribution in [3.8, 4) is 0 Å². The van der Waals surface area contributed by atoms with Gasteiger partial charge in [-0.2, -0.15) is 0 Å². The van der Waals surface area contributed by atoms with E-state index in [2.05, 4.69) is 10.6 Å². The lowest BCUT2D eigenvalue weighted by Gasteiger charge is -2.25. The summed E-state index contributed by atoms with van der Waals surface area (Å²) in [6.07, 6.45) is 1.09. The van der Waals surface area contributed by atoms with E-state index in [0.29, 0.717) is 18.5 Å². The maximum Gasteiger partial charge on any atom is 0.319 e. The van der Waals surface area contributed by atoms with E-state index in [1.807, 2.05) is 13.8 Å². The minimum atomic E-state index is -0.910. The molecule has 3 N–H and O–H groups in total. The first-order valence-electron chi connectivity index (χ1n) is 6.42. The highest BCUT2D eigenvalue weighted by Gasteiger charge is 2.22. The number of nitrogens with one attached hydrogen (secondary N) is 2. The lowest BCUT2D eigenvalue weighted by Crippen LogP contribution is -2.43. The summed E-state index contributed by atoms with van der Waals surface area (Å²) in [5.41, 5.74) is -0.501. The highest BCUT2D eigenvalue weighted by Crippen LogP contribution is 2.16. The highest BCUT2D eigenvalue weighted by atomic mass is 16.6. The first-order chi connectivity index (χ1) is 9.40. The number of carbonyl (C=O) groups is 1. The number of non-ortho nitro benzene ring substituents is 1. The van der Waals surface area contributed by atoms with E-state index >= 15 is 0 Å². The van der Waals surface area contributed by atoms with Gasteiger partial charge in [0.05, 0.1) is 10.5 Å². The summed E-state index contributed by atoms with van der Waals surface area (Å²) in [6.45, 7) is 3.84. The van der Waals surface area contributed by atoms with E-state index in [0.717, 1.165) is 0 Å². The first-order valence-corrected chi connectivity index (χ1v) is 6.42. The van der Waals surface area contributed by atoms with Crippen molar-refractivity contribution in [2.75, 3.05) is 11.9 Å². The summed E-state index contributed by atoms with van der Waals surface area (Å²) in [5.74, 6) is 0. The van der Waals surface area contributed by atoms with E-state index in [4.69, 9.17) is 0 Å². The maximum atomic E-state index is 11.6. The molecule has 0 atom stereocenters. The van der Waals surface area contributed by atoms with Crippen LogP contribution in [0.4, 0.5) is 16.2 Å². The second kappa shape index (κ2) is 6.85. The molecular formula is C13H19N3O4. The average molecular weight is 281 g/mol. The quantitative estimate of drug-likeness (QED) is 0.549. The number of aliphatic hydroxyl groups is 1. The monoisotopic (exact) mass is 281 g/mol. The Morgan fingerprint density at radius 2 is 1.85 bits per heavy atom. The molecule has 0 aliphatic rings. The van der Waals surface area contributed by atoms with Gasteiger partial charge in [-0.25, -0.2) is 4.79 Å². The third-order valence-electron chi connectivity index (χ3n) is 3.23. The predicted molar refractivity (Wildman–Crippen MR) is 75.6 cm³/mol. The molecule has 1 aromatic carbocycles. The van der Waals surface area contributed by atoms with Gasteiger partial charge in [-0.3, -0.25) is 10.1 Å². The van der Waals surface area contributed by atoms with Crippen molar-refractivity contribution in [3.63, 3.8) is 0 Å². The fourth-order valence-electron chi connectivity index (χ4n) is 1.59. The van der Waals surface area contributed by atoms with Crippen LogP contribution in [0.1, 0.15) is 26.7 Å². The molecule has 2 amide bonds. The molecular weight excluding hydrogens is 262 g/mol. The third-order valence-corrected chi connectivity index (χ3v) is 3.23. The Hall–Kier alpha value is -2.15. The Bertz CT molecular complexity index is 469. The molecule has 0 bridgehead atoms. The number of nitro groups is 1. The molecule has 0 aliphatic heterocycles. The lowest BCUT2D eigenvalue weighted by atomic mass is 9.98. The standard InChI is InChI=1S/C13H19N3O4/c1-3-13(18,4-2)9-14-12(17)15-10-5-7-11(8-6-10)16(19)20/h5-8,18H,3-4,9H2,1-2H3,(H2,14,15,17). The largest absolute Gasteiger partial charge is 0.388 e. The lowest BCUT2D eigenvalue weighted by molar-refractivity contribution is -0.384. The molecule has 20 heavy (non-hydrogen) atoms. The van der Waals surface area contributed by atoms with Gasteiger partial charge in [0.15, 0.2) is 0 Å². The molecule has 1 aromatic rings. The Kier molecular flexibility index (Phi) is 5.45. The van der Waals surface area contributed by atoms with Crippen molar-refractivity contribution in [2.24, 2.45) is 0 Å². The number of benzene rings is 1. The number of amides is 2. The van der Waals surface area contributed by atoms with Crippen molar-refractivity contribution in [1.29, 1.82) is 0 Å². The Morgan fingerprint density at radius 1 is 1.30 bits per heavy atom. The van der Waals surface area contributed by atoms with Crippen LogP contribution in [0.25, 0.3) is 0 Å². The van der Waals surface area contributed by atoms with Gasteiger partial charge in [0.2, 0.25) is 0 Å². The predicted octanol–water partition coefficient (Wildman–Crippen LogP) is 2.27. The Morgan fingerprint density at radius 3 is 2.30 bits per heavy atom. The van der Waals surface area contributed by atoms with Crippen LogP contribution in [-0.4, -0.2) is 28.2 Å². The van der Waals surface area contributed by atoms with E-state index in [1.165, 1.54) is 24.3 Å². The van der Waals surface area contributed by atoms with Crippen LogP contribution >= 0.6 is 0 Å². The number of rotatable bonds is 6. The molecule has 0 saturated carbocycles. The zero-order valence-electron chi connectivity index (χ0n) is 11.5.